The van der Waals surface area contributed by atoms with E-state index in [9.17, 15) is 14.7 Å². The SMILES string of the molecule is Cc1ccc(CC(=O)C2(c3ccc4c(c3)OCO4)CC2)cc1-c1ccc(C(=O)N[C@H](CO)C(C)(C)C)cc1.[HH].[HH]. The minimum absolute atomic E-state index is 0. The van der Waals surface area contributed by atoms with Gasteiger partial charge < -0.3 is 19.9 Å². The second-order valence-corrected chi connectivity index (χ2v) is 11.6. The number of fused-ring (bicyclic) bond motifs is 1. The fourth-order valence-electron chi connectivity index (χ4n) is 5.07. The van der Waals surface area contributed by atoms with E-state index < -0.39 is 5.41 Å². The number of amides is 1. The number of rotatable bonds is 8. The van der Waals surface area contributed by atoms with Crippen molar-refractivity contribution in [3.05, 3.63) is 82.9 Å². The van der Waals surface area contributed by atoms with Crippen LogP contribution in [0.1, 0.15) is 63.5 Å². The maximum Gasteiger partial charge on any atom is 0.251 e. The molecule has 1 amide bonds. The zero-order valence-electron chi connectivity index (χ0n) is 22.5. The molecule has 5 rings (SSSR count). The molecule has 3 aromatic carbocycles. The van der Waals surface area contributed by atoms with Crippen LogP contribution in [0.15, 0.2) is 60.7 Å². The molecule has 1 atom stereocenters. The smallest absolute Gasteiger partial charge is 0.251 e. The molecule has 3 aromatic rings. The average molecular weight is 518 g/mol. The van der Waals surface area contributed by atoms with Crippen molar-refractivity contribution in [3.8, 4) is 22.6 Å². The van der Waals surface area contributed by atoms with Crippen molar-refractivity contribution in [1.82, 2.24) is 5.32 Å². The Morgan fingerprint density at radius 2 is 1.71 bits per heavy atom. The van der Waals surface area contributed by atoms with E-state index in [0.717, 1.165) is 46.4 Å². The van der Waals surface area contributed by atoms with Crippen molar-refractivity contribution in [2.45, 2.75) is 58.4 Å². The highest BCUT2D eigenvalue weighted by atomic mass is 16.7. The van der Waals surface area contributed by atoms with Crippen molar-refractivity contribution in [2.75, 3.05) is 13.4 Å². The second kappa shape index (κ2) is 9.91. The molecule has 38 heavy (non-hydrogen) atoms. The highest BCUT2D eigenvalue weighted by Gasteiger charge is 2.50. The Bertz CT molecular complexity index is 1380. The van der Waals surface area contributed by atoms with Crippen LogP contribution in [0.4, 0.5) is 0 Å². The lowest BCUT2D eigenvalue weighted by atomic mass is 9.86. The highest BCUT2D eigenvalue weighted by Crippen LogP contribution is 2.51. The predicted molar refractivity (Wildman–Crippen MR) is 151 cm³/mol. The van der Waals surface area contributed by atoms with E-state index >= 15 is 0 Å². The Morgan fingerprint density at radius 3 is 2.37 bits per heavy atom. The number of aryl methyl sites for hydroxylation is 1. The molecular formula is C32H39NO5. The number of hydrogen-bond donors (Lipinski definition) is 2. The Labute approximate surface area is 227 Å². The van der Waals surface area contributed by atoms with Crippen LogP contribution in [0.5, 0.6) is 11.5 Å². The molecular weight excluding hydrogens is 478 g/mol. The van der Waals surface area contributed by atoms with Crippen LogP contribution in [0.3, 0.4) is 0 Å². The van der Waals surface area contributed by atoms with Crippen LogP contribution < -0.4 is 14.8 Å². The van der Waals surface area contributed by atoms with Crippen molar-refractivity contribution in [2.24, 2.45) is 5.41 Å². The lowest BCUT2D eigenvalue weighted by molar-refractivity contribution is -0.120. The largest absolute Gasteiger partial charge is 0.454 e. The number of carbonyl (C=O) groups excluding carboxylic acids is 2. The number of carbonyl (C=O) groups is 2. The molecule has 0 bridgehead atoms. The van der Waals surface area contributed by atoms with Crippen LogP contribution in [-0.2, 0) is 16.6 Å². The van der Waals surface area contributed by atoms with Gasteiger partial charge in [-0.05, 0) is 77.3 Å². The number of aliphatic hydroxyl groups is 1. The monoisotopic (exact) mass is 517 g/mol. The van der Waals surface area contributed by atoms with Gasteiger partial charge in [-0.2, -0.15) is 0 Å². The normalized spacial score (nSPS) is 16.1. The summed E-state index contributed by atoms with van der Waals surface area (Å²) in [5, 5.41) is 12.6. The molecule has 0 saturated heterocycles. The van der Waals surface area contributed by atoms with Gasteiger partial charge in [-0.15, -0.1) is 0 Å². The van der Waals surface area contributed by atoms with E-state index in [-0.39, 0.29) is 39.4 Å². The third kappa shape index (κ3) is 5.05. The summed E-state index contributed by atoms with van der Waals surface area (Å²) in [6.45, 7) is 8.10. The van der Waals surface area contributed by atoms with E-state index in [1.807, 2.05) is 70.2 Å². The summed E-state index contributed by atoms with van der Waals surface area (Å²) in [5.41, 5.74) is 4.95. The maximum atomic E-state index is 13.5. The zero-order valence-corrected chi connectivity index (χ0v) is 22.5. The van der Waals surface area contributed by atoms with Crippen LogP contribution in [-0.4, -0.2) is 36.2 Å². The molecule has 1 aliphatic carbocycles. The molecule has 0 unspecified atom stereocenters. The third-order valence-corrected chi connectivity index (χ3v) is 7.87. The minimum Gasteiger partial charge on any atom is -0.454 e. The molecule has 1 fully saturated rings. The summed E-state index contributed by atoms with van der Waals surface area (Å²) in [4.78, 5) is 26.3. The molecule has 202 valence electrons. The zero-order chi connectivity index (χ0) is 27.1. The Kier molecular flexibility index (Phi) is 6.78. The first kappa shape index (κ1) is 26.0. The van der Waals surface area contributed by atoms with Crippen LogP contribution in [0.25, 0.3) is 11.1 Å². The van der Waals surface area contributed by atoms with Gasteiger partial charge >= 0.3 is 0 Å². The fraction of sp³-hybridized carbons (Fsp3) is 0.375. The van der Waals surface area contributed by atoms with Crippen LogP contribution >= 0.6 is 0 Å². The van der Waals surface area contributed by atoms with Gasteiger partial charge in [0.05, 0.1) is 18.1 Å². The predicted octanol–water partition coefficient (Wildman–Crippen LogP) is 5.86. The molecule has 6 heteroatoms. The Balaban J connectivity index is 0.00000220. The standard InChI is InChI=1S/C32H35NO5.2H2/c1-20-5-6-21(16-29(35)32(13-14-32)24-11-12-26-27(17-24)38-19-37-26)15-25(20)22-7-9-23(10-8-22)30(36)33-28(18-34)31(2,3)4;;/h5-12,15,17,28,34H,13-14,16,18-19H2,1-4H3,(H,33,36);2*1H/t28-;;/m1../s1. The molecule has 2 N–H and O–H groups in total. The highest BCUT2D eigenvalue weighted by molar-refractivity contribution is 5.96. The van der Waals surface area contributed by atoms with Gasteiger partial charge in [0.25, 0.3) is 5.91 Å². The Hall–Kier alpha value is -3.64. The summed E-state index contributed by atoms with van der Waals surface area (Å²) in [5.74, 6) is 1.45. The van der Waals surface area contributed by atoms with E-state index in [0.29, 0.717) is 17.7 Å². The van der Waals surface area contributed by atoms with Gasteiger partial charge in [0.2, 0.25) is 6.79 Å². The average Bonchev–Trinajstić information content (AvgIpc) is 3.58. The molecule has 1 aliphatic heterocycles. The summed E-state index contributed by atoms with van der Waals surface area (Å²) < 4.78 is 11.0. The second-order valence-electron chi connectivity index (χ2n) is 11.6. The van der Waals surface area contributed by atoms with Gasteiger partial charge in [0, 0.05) is 14.8 Å². The number of benzene rings is 3. The summed E-state index contributed by atoms with van der Waals surface area (Å²) in [6, 6.07) is 19.1. The number of ether oxygens (including phenoxy) is 2. The fourth-order valence-corrected chi connectivity index (χ4v) is 5.07. The van der Waals surface area contributed by atoms with Gasteiger partial charge in [-0.1, -0.05) is 57.2 Å². The van der Waals surface area contributed by atoms with E-state index in [2.05, 4.69) is 11.4 Å². The van der Waals surface area contributed by atoms with Gasteiger partial charge in [-0.3, -0.25) is 9.59 Å². The van der Waals surface area contributed by atoms with Crippen LogP contribution in [0, 0.1) is 12.3 Å². The number of nitrogens with one attached hydrogen (secondary N) is 1. The van der Waals surface area contributed by atoms with Gasteiger partial charge in [0.15, 0.2) is 11.5 Å². The molecule has 2 aliphatic rings. The summed E-state index contributed by atoms with van der Waals surface area (Å²) in [7, 11) is 0. The van der Waals surface area contributed by atoms with E-state index in [1.54, 1.807) is 12.1 Å². The van der Waals surface area contributed by atoms with Crippen molar-refractivity contribution in [1.29, 1.82) is 0 Å². The first-order valence-corrected chi connectivity index (χ1v) is 13.2. The first-order valence-electron chi connectivity index (χ1n) is 13.2. The molecule has 1 heterocycles. The topological polar surface area (TPSA) is 84.9 Å². The van der Waals surface area contributed by atoms with Crippen LogP contribution in [0.2, 0.25) is 0 Å². The lowest BCUT2D eigenvalue weighted by Crippen LogP contribution is -2.46. The molecule has 0 spiro atoms. The maximum absolute atomic E-state index is 13.5. The number of hydrogen-bond acceptors (Lipinski definition) is 5. The number of Topliss-reactive ketones (excluding diaryl/α,β-unsaturated/α-hetero) is 1. The third-order valence-electron chi connectivity index (χ3n) is 7.87. The molecule has 6 nitrogen and oxygen atoms in total. The molecule has 1 saturated carbocycles. The number of aliphatic hydroxyl groups excluding tert-OH is 1. The van der Waals surface area contributed by atoms with Crippen molar-refractivity contribution >= 4 is 11.7 Å². The first-order chi connectivity index (χ1) is 18.1. The van der Waals surface area contributed by atoms with Crippen molar-refractivity contribution < 1.29 is 27.0 Å². The number of ketones is 1. The van der Waals surface area contributed by atoms with Crippen molar-refractivity contribution in [3.63, 3.8) is 0 Å². The summed E-state index contributed by atoms with van der Waals surface area (Å²) >= 11 is 0. The minimum atomic E-state index is -0.444. The lowest BCUT2D eigenvalue weighted by Gasteiger charge is -2.29. The summed E-state index contributed by atoms with van der Waals surface area (Å²) in [6.07, 6.45) is 2.05. The quantitative estimate of drug-likeness (QED) is 0.391. The van der Waals surface area contributed by atoms with E-state index in [4.69, 9.17) is 9.47 Å². The van der Waals surface area contributed by atoms with E-state index in [1.165, 1.54) is 0 Å². The Morgan fingerprint density at radius 1 is 1.00 bits per heavy atom. The van der Waals surface area contributed by atoms with Gasteiger partial charge in [0.1, 0.15) is 5.78 Å². The van der Waals surface area contributed by atoms with Gasteiger partial charge in [-0.25, -0.2) is 0 Å². The molecule has 0 radical (unpaired) electrons. The molecule has 0 aromatic heterocycles.